The topological polar surface area (TPSA) is 153 Å². The van der Waals surface area contributed by atoms with Crippen LogP contribution < -0.4 is 27.9 Å². The van der Waals surface area contributed by atoms with Crippen molar-refractivity contribution in [1.82, 2.24) is 43.9 Å². The summed E-state index contributed by atoms with van der Waals surface area (Å²) < 4.78 is 86.9. The van der Waals surface area contributed by atoms with E-state index < -0.39 is 35.3 Å². The molecule has 2 amide bonds. The number of aromatic nitrogens is 6. The Morgan fingerprint density at radius 2 is 1.01 bits per heavy atom. The van der Waals surface area contributed by atoms with Crippen LogP contribution in [-0.2, 0) is 25.4 Å². The number of benzene rings is 4. The van der Waals surface area contributed by atoms with Gasteiger partial charge in [-0.05, 0) is 135 Å². The molecule has 4 aromatic heterocycles. The second-order valence-corrected chi connectivity index (χ2v) is 19.7. The molecule has 0 radical (unpaired) electrons. The summed E-state index contributed by atoms with van der Waals surface area (Å²) in [5.41, 5.74) is 5.14. The van der Waals surface area contributed by atoms with E-state index in [-0.39, 0.29) is 87.4 Å². The highest BCUT2D eigenvalue weighted by atomic mass is 35.5. The maximum Gasteiger partial charge on any atom is 0.416 e. The van der Waals surface area contributed by atoms with Crippen LogP contribution in [0.2, 0.25) is 0 Å². The van der Waals surface area contributed by atoms with Crippen molar-refractivity contribution in [2.45, 2.75) is 61.1 Å². The number of likely N-dealkylation sites (N-methyl/N-ethyl adjacent to an activating group) is 2. The first-order valence-corrected chi connectivity index (χ1v) is 26.2. The molecule has 8 aromatic rings. The van der Waals surface area contributed by atoms with E-state index in [4.69, 9.17) is 5.11 Å². The highest BCUT2D eigenvalue weighted by Crippen LogP contribution is 2.36. The Kier molecular flexibility index (Phi) is 25.7. The largest absolute Gasteiger partial charge is 1.00 e. The molecule has 0 spiro atoms. The smallest absolute Gasteiger partial charge is 0.416 e. The van der Waals surface area contributed by atoms with Crippen LogP contribution in [0.25, 0.3) is 11.3 Å². The summed E-state index contributed by atoms with van der Waals surface area (Å²) in [6, 6.07) is 25.2. The zero-order valence-electron chi connectivity index (χ0n) is 46.2. The Hall–Kier alpha value is -7.86. The molecule has 23 heteroatoms. The summed E-state index contributed by atoms with van der Waals surface area (Å²) in [6.07, 6.45) is -2.56. The van der Waals surface area contributed by atoms with Gasteiger partial charge in [-0.25, -0.2) is 19.0 Å². The number of amides is 2. The highest BCUT2D eigenvalue weighted by molar-refractivity contribution is 6.05. The van der Waals surface area contributed by atoms with Gasteiger partial charge >= 0.3 is 12.4 Å². The van der Waals surface area contributed by atoms with Gasteiger partial charge in [0.2, 0.25) is 0 Å². The zero-order valence-corrected chi connectivity index (χ0v) is 47.7. The first-order valence-electron chi connectivity index (χ1n) is 26.2. The summed E-state index contributed by atoms with van der Waals surface area (Å²) in [5.74, 6) is 11.1. The third-order valence-corrected chi connectivity index (χ3v) is 13.6. The van der Waals surface area contributed by atoms with Gasteiger partial charge in [-0.3, -0.25) is 19.4 Å². The Morgan fingerprint density at radius 1 is 0.612 bits per heavy atom. The van der Waals surface area contributed by atoms with Crippen molar-refractivity contribution in [3.63, 3.8) is 0 Å². The number of aryl methyl sites for hydroxylation is 2. The molecule has 452 valence electrons. The van der Waals surface area contributed by atoms with Crippen molar-refractivity contribution >= 4 is 46.9 Å². The number of halogens is 8. The zero-order chi connectivity index (χ0) is 57.8. The minimum atomic E-state index is -4.54. The molecule has 2 fully saturated rings. The molecule has 0 saturated carbocycles. The molecule has 0 atom stereocenters. The number of nitrogens with one attached hydrogen (secondary N) is 3. The maximum absolute atomic E-state index is 13.9. The SMILES string of the molecule is C.C.CCO.Cc1ccc(C(=O)Nc2ccc(CN3CCN(C)CC3)c(C(F)(F)F)c2)cc1C#Cc1cnc2cccnn12.Cc1ccc(C(=O)Nc2ccc(CN3CC[NH+](C)CC3)c(C(F)(F)F)c2)cc1C#Cc1cnc2cccnn12.Cl.[Cl-]. The lowest BCUT2D eigenvalue weighted by atomic mass is 10.0. The van der Waals surface area contributed by atoms with Gasteiger partial charge in [0.15, 0.2) is 11.3 Å². The number of hydrogen-bond donors (Lipinski definition) is 4. The predicted molar refractivity (Wildman–Crippen MR) is 317 cm³/mol. The summed E-state index contributed by atoms with van der Waals surface area (Å²) in [4.78, 5) is 42.1. The van der Waals surface area contributed by atoms with E-state index in [2.05, 4.69) is 66.4 Å². The number of quaternary nitrogens is 1. The van der Waals surface area contributed by atoms with Gasteiger partial charge in [-0.1, -0.05) is 51.0 Å². The van der Waals surface area contributed by atoms with Crippen LogP contribution in [0.15, 0.2) is 122 Å². The fourth-order valence-electron chi connectivity index (χ4n) is 8.99. The number of rotatable bonds is 8. The summed E-state index contributed by atoms with van der Waals surface area (Å²) in [6.45, 7) is 12.4. The second-order valence-electron chi connectivity index (χ2n) is 19.7. The lowest BCUT2D eigenvalue weighted by Gasteiger charge is -2.33. The second kappa shape index (κ2) is 31.3. The summed E-state index contributed by atoms with van der Waals surface area (Å²) >= 11 is 0. The van der Waals surface area contributed by atoms with Crippen LogP contribution in [0, 0.1) is 37.5 Å². The van der Waals surface area contributed by atoms with Crippen LogP contribution in [0.1, 0.15) is 98.4 Å². The number of imidazole rings is 2. The van der Waals surface area contributed by atoms with E-state index in [0.29, 0.717) is 52.5 Å². The average Bonchev–Trinajstić information content (AvgIpc) is 4.28. The monoisotopic (exact) mass is 1210 g/mol. The van der Waals surface area contributed by atoms with Crippen LogP contribution >= 0.6 is 12.4 Å². The minimum Gasteiger partial charge on any atom is -1.00 e. The van der Waals surface area contributed by atoms with Gasteiger partial charge in [-0.2, -0.15) is 36.5 Å². The third kappa shape index (κ3) is 18.6. The third-order valence-electron chi connectivity index (χ3n) is 13.6. The Bertz CT molecular complexity index is 3430. The van der Waals surface area contributed by atoms with E-state index >= 15 is 0 Å². The predicted octanol–water partition coefficient (Wildman–Crippen LogP) is 6.19. The molecule has 2 saturated heterocycles. The van der Waals surface area contributed by atoms with Crippen molar-refractivity contribution in [2.24, 2.45) is 0 Å². The number of fused-ring (bicyclic) bond motifs is 2. The van der Waals surface area contributed by atoms with E-state index in [0.717, 1.165) is 62.5 Å². The van der Waals surface area contributed by atoms with E-state index in [1.807, 2.05) is 42.8 Å². The molecule has 4 N–H and O–H groups in total. The van der Waals surface area contributed by atoms with Crippen molar-refractivity contribution in [3.05, 3.63) is 189 Å². The van der Waals surface area contributed by atoms with Gasteiger partial charge in [0.25, 0.3) is 11.8 Å². The van der Waals surface area contributed by atoms with Gasteiger partial charge in [0, 0.05) is 105 Å². The van der Waals surface area contributed by atoms with Gasteiger partial charge in [0.1, 0.15) is 11.4 Å². The molecular weight excluding hydrogens is 1150 g/mol. The van der Waals surface area contributed by atoms with Crippen molar-refractivity contribution < 1.29 is 58.3 Å². The van der Waals surface area contributed by atoms with Crippen LogP contribution in [0.4, 0.5) is 37.7 Å². The van der Waals surface area contributed by atoms with Crippen LogP contribution in [-0.4, -0.2) is 134 Å². The quantitative estimate of drug-likeness (QED) is 0.102. The van der Waals surface area contributed by atoms with E-state index in [9.17, 15) is 35.9 Å². The molecule has 0 aliphatic carbocycles. The van der Waals surface area contributed by atoms with Crippen LogP contribution in [0.3, 0.4) is 0 Å². The number of aliphatic hydroxyl groups is 1. The number of carbonyl (C=O) groups is 2. The number of anilines is 2. The van der Waals surface area contributed by atoms with Crippen molar-refractivity contribution in [2.75, 3.05) is 83.7 Å². The van der Waals surface area contributed by atoms with E-state index in [1.54, 1.807) is 89.3 Å². The molecule has 4 aromatic carbocycles. The minimum absolute atomic E-state index is 0. The number of piperazine rings is 2. The number of hydrogen-bond acceptors (Lipinski definition) is 10. The molecule has 0 bridgehead atoms. The number of carbonyl (C=O) groups excluding carboxylic acids is 2. The molecule has 85 heavy (non-hydrogen) atoms. The highest BCUT2D eigenvalue weighted by Gasteiger charge is 2.36. The molecule has 2 aliphatic heterocycles. The maximum atomic E-state index is 13.9. The van der Waals surface area contributed by atoms with Gasteiger partial charge < -0.3 is 37.9 Å². The molecule has 6 heterocycles. The molecule has 10 rings (SSSR count). The van der Waals surface area contributed by atoms with Crippen molar-refractivity contribution in [1.29, 1.82) is 0 Å². The summed E-state index contributed by atoms with van der Waals surface area (Å²) in [5, 5.41) is 21.3. The fraction of sp³-hybridized carbons (Fsp3) is 0.323. The summed E-state index contributed by atoms with van der Waals surface area (Å²) in [7, 11) is 4.08. The Balaban J connectivity index is 0.000000333. The molecular formula is C62H70Cl2F6N12O3. The van der Waals surface area contributed by atoms with Gasteiger partial charge in [0.05, 0.1) is 43.7 Å². The van der Waals surface area contributed by atoms with Crippen LogP contribution in [0.5, 0.6) is 0 Å². The first kappa shape index (κ1) is 69.6. The Labute approximate surface area is 504 Å². The number of aliphatic hydroxyl groups excluding tert-OH is 1. The molecule has 2 aliphatic rings. The molecule has 15 nitrogen and oxygen atoms in total. The standard InChI is InChI=1S/2C29H27F3N6O.C2H6O.2CH4.2ClH/c2*1-20-5-6-22(16-21(20)8-10-25-18-33-27-4-3-11-34-38(25)27)28(39)35-24-9-7-23(26(17-24)29(30,31)32)19-37-14-12-36(2)13-15-37;1-2-3;;;;/h2*3-7,9,11,16-18H,12-15,19H2,1-2H3,(H,35,39);3H,2H2,1H3;2*1H4;2*1H. The lowest BCUT2D eigenvalue weighted by molar-refractivity contribution is -0.884. The van der Waals surface area contributed by atoms with Crippen molar-refractivity contribution in [3.8, 4) is 23.7 Å². The van der Waals surface area contributed by atoms with E-state index in [1.165, 1.54) is 29.2 Å². The normalized spacial score (nSPS) is 13.7. The van der Waals surface area contributed by atoms with Gasteiger partial charge in [-0.15, -0.1) is 12.4 Å². The molecule has 0 unspecified atom stereocenters. The fourth-order valence-corrected chi connectivity index (χ4v) is 8.99. The Morgan fingerprint density at radius 3 is 1.41 bits per heavy atom. The number of nitrogens with zero attached hydrogens (tertiary/aromatic N) is 9. The lowest BCUT2D eigenvalue weighted by Crippen LogP contribution is -3.11. The first-order chi connectivity index (χ1) is 38.8. The number of alkyl halides is 6. The average molecular weight is 1220 g/mol.